The lowest BCUT2D eigenvalue weighted by atomic mass is 10.1. The number of nitrogens with zero attached hydrogens (tertiary/aromatic N) is 4. The van der Waals surface area contributed by atoms with Crippen LogP contribution >= 0.6 is 0 Å². The van der Waals surface area contributed by atoms with E-state index in [1.54, 1.807) is 50.7 Å². The molecule has 1 aromatic carbocycles. The van der Waals surface area contributed by atoms with E-state index in [0.29, 0.717) is 39.3 Å². The number of carbonyl (C=O) groups is 1. The van der Waals surface area contributed by atoms with Gasteiger partial charge >= 0.3 is 6.61 Å². The molecular formula is C19H19F2N5O2. The molecule has 0 fully saturated rings. The summed E-state index contributed by atoms with van der Waals surface area (Å²) in [5.74, 6) is -0.392. The number of halogens is 2. The van der Waals surface area contributed by atoms with Crippen molar-refractivity contribution in [3.63, 3.8) is 0 Å². The molecule has 146 valence electrons. The maximum Gasteiger partial charge on any atom is 0.387 e. The zero-order valence-corrected chi connectivity index (χ0v) is 15.8. The Hall–Kier alpha value is -3.36. The second kappa shape index (κ2) is 7.71. The summed E-state index contributed by atoms with van der Waals surface area (Å²) < 4.78 is 30.7. The fourth-order valence-electron chi connectivity index (χ4n) is 2.91. The number of fused-ring (bicyclic) bond motifs is 1. The van der Waals surface area contributed by atoms with Gasteiger partial charge in [0.1, 0.15) is 5.75 Å². The molecule has 9 heteroatoms. The second-order valence-electron chi connectivity index (χ2n) is 6.26. The van der Waals surface area contributed by atoms with Crippen LogP contribution in [-0.4, -0.2) is 33.0 Å². The molecule has 0 unspecified atom stereocenters. The van der Waals surface area contributed by atoms with Crippen molar-refractivity contribution in [2.24, 2.45) is 12.1 Å². The van der Waals surface area contributed by atoms with Crippen molar-refractivity contribution in [1.29, 1.82) is 0 Å². The van der Waals surface area contributed by atoms with E-state index < -0.39 is 12.5 Å². The first-order valence-electron chi connectivity index (χ1n) is 8.47. The maximum atomic E-state index is 12.7. The quantitative estimate of drug-likeness (QED) is 0.538. The van der Waals surface area contributed by atoms with Crippen molar-refractivity contribution in [2.45, 2.75) is 27.4 Å². The molecule has 3 rings (SSSR count). The van der Waals surface area contributed by atoms with Gasteiger partial charge in [-0.15, -0.1) is 0 Å². The van der Waals surface area contributed by atoms with E-state index >= 15 is 0 Å². The van der Waals surface area contributed by atoms with E-state index in [2.05, 4.69) is 25.3 Å². The number of hydrogen-bond donors (Lipinski definition) is 1. The van der Waals surface area contributed by atoms with Crippen molar-refractivity contribution >= 4 is 22.7 Å². The number of aromatic nitrogens is 3. The van der Waals surface area contributed by atoms with Gasteiger partial charge in [-0.05, 0) is 39.0 Å². The average molecular weight is 387 g/mol. The van der Waals surface area contributed by atoms with Crippen molar-refractivity contribution in [2.75, 3.05) is 0 Å². The summed E-state index contributed by atoms with van der Waals surface area (Å²) >= 11 is 0. The Bertz CT molecular complexity index is 1080. The van der Waals surface area contributed by atoms with Crippen molar-refractivity contribution in [3.8, 4) is 5.75 Å². The number of ether oxygens (including phenoxy) is 1. The van der Waals surface area contributed by atoms with Gasteiger partial charge in [0.15, 0.2) is 5.65 Å². The molecule has 0 aliphatic carbocycles. The molecule has 0 saturated heterocycles. The largest absolute Gasteiger partial charge is 0.435 e. The van der Waals surface area contributed by atoms with Gasteiger partial charge in [0.05, 0.1) is 22.4 Å². The van der Waals surface area contributed by atoms with Crippen LogP contribution in [-0.2, 0) is 7.05 Å². The van der Waals surface area contributed by atoms with E-state index in [9.17, 15) is 13.6 Å². The first kappa shape index (κ1) is 19.4. The van der Waals surface area contributed by atoms with Gasteiger partial charge in [0, 0.05) is 18.3 Å². The topological polar surface area (TPSA) is 81.4 Å². The van der Waals surface area contributed by atoms with Crippen LogP contribution in [0.5, 0.6) is 5.75 Å². The monoisotopic (exact) mass is 387 g/mol. The highest BCUT2D eigenvalue weighted by Gasteiger charge is 2.17. The lowest BCUT2D eigenvalue weighted by Gasteiger charge is -2.08. The van der Waals surface area contributed by atoms with Gasteiger partial charge in [-0.1, -0.05) is 12.1 Å². The summed E-state index contributed by atoms with van der Waals surface area (Å²) in [7, 11) is 1.76. The van der Waals surface area contributed by atoms with Crippen LogP contribution in [0.4, 0.5) is 8.78 Å². The molecule has 0 saturated carbocycles. The predicted molar refractivity (Wildman–Crippen MR) is 101 cm³/mol. The highest BCUT2D eigenvalue weighted by atomic mass is 19.3. The summed E-state index contributed by atoms with van der Waals surface area (Å²) in [6, 6.07) is 7.78. The highest BCUT2D eigenvalue weighted by Crippen LogP contribution is 2.21. The lowest BCUT2D eigenvalue weighted by molar-refractivity contribution is -0.0498. The molecule has 0 atom stereocenters. The van der Waals surface area contributed by atoms with Gasteiger partial charge in [0.25, 0.3) is 5.91 Å². The Balaban J connectivity index is 1.87. The van der Waals surface area contributed by atoms with Crippen LogP contribution in [0.25, 0.3) is 11.0 Å². The molecule has 1 amide bonds. The minimum atomic E-state index is -2.91. The zero-order chi connectivity index (χ0) is 20.4. The number of benzene rings is 1. The number of amides is 1. The Morgan fingerprint density at radius 3 is 2.75 bits per heavy atom. The number of nitrogens with one attached hydrogen (secondary N) is 1. The molecule has 0 spiro atoms. The number of rotatable bonds is 5. The first-order chi connectivity index (χ1) is 13.3. The van der Waals surface area contributed by atoms with E-state index in [4.69, 9.17) is 0 Å². The number of carbonyl (C=O) groups excluding carboxylic acids is 1. The number of hydrazone groups is 1. The third-order valence-corrected chi connectivity index (χ3v) is 4.14. The molecule has 0 bridgehead atoms. The second-order valence-corrected chi connectivity index (χ2v) is 6.26. The number of pyridine rings is 1. The van der Waals surface area contributed by atoms with E-state index in [-0.39, 0.29) is 5.75 Å². The fourth-order valence-corrected chi connectivity index (χ4v) is 2.91. The Morgan fingerprint density at radius 1 is 1.29 bits per heavy atom. The van der Waals surface area contributed by atoms with Crippen LogP contribution in [0, 0.1) is 13.8 Å². The van der Waals surface area contributed by atoms with E-state index in [1.165, 1.54) is 12.1 Å². The summed E-state index contributed by atoms with van der Waals surface area (Å²) in [6.07, 6.45) is 0. The smallest absolute Gasteiger partial charge is 0.387 e. The maximum absolute atomic E-state index is 12.7. The van der Waals surface area contributed by atoms with Crippen LogP contribution in [0.2, 0.25) is 0 Å². The van der Waals surface area contributed by atoms with E-state index in [1.807, 2.05) is 0 Å². The van der Waals surface area contributed by atoms with Crippen LogP contribution in [0.3, 0.4) is 0 Å². The molecule has 3 aromatic rings. The van der Waals surface area contributed by atoms with E-state index in [0.717, 1.165) is 0 Å². The average Bonchev–Trinajstić information content (AvgIpc) is 2.92. The molecule has 0 aliphatic heterocycles. The SMILES string of the molecule is CC(=NNC(=O)c1cc(C)nc2c1c(C)nn2C)c1cccc(OC(F)F)c1. The summed E-state index contributed by atoms with van der Waals surface area (Å²) in [6.45, 7) is 2.35. The van der Waals surface area contributed by atoms with Gasteiger partial charge < -0.3 is 4.74 Å². The molecule has 7 nitrogen and oxygen atoms in total. The Morgan fingerprint density at radius 2 is 2.04 bits per heavy atom. The Labute approximate surface area is 160 Å². The Kier molecular flexibility index (Phi) is 5.34. The zero-order valence-electron chi connectivity index (χ0n) is 15.8. The minimum Gasteiger partial charge on any atom is -0.435 e. The first-order valence-corrected chi connectivity index (χ1v) is 8.47. The third kappa shape index (κ3) is 3.98. The normalized spacial score (nSPS) is 11.9. The molecule has 2 aromatic heterocycles. The van der Waals surface area contributed by atoms with Gasteiger partial charge in [-0.3, -0.25) is 9.48 Å². The van der Waals surface area contributed by atoms with Crippen LogP contribution in [0.1, 0.15) is 34.2 Å². The van der Waals surface area contributed by atoms with Crippen LogP contribution < -0.4 is 10.2 Å². The van der Waals surface area contributed by atoms with Crippen molar-refractivity contribution in [1.82, 2.24) is 20.2 Å². The van der Waals surface area contributed by atoms with Gasteiger partial charge in [0.2, 0.25) is 0 Å². The molecule has 0 aliphatic rings. The van der Waals surface area contributed by atoms with Crippen LogP contribution in [0.15, 0.2) is 35.4 Å². The summed E-state index contributed by atoms with van der Waals surface area (Å²) in [4.78, 5) is 17.1. The predicted octanol–water partition coefficient (Wildman–Crippen LogP) is 3.34. The number of aryl methyl sites for hydroxylation is 3. The molecule has 2 heterocycles. The standard InChI is InChI=1S/C19H19F2N5O2/c1-10-8-15(16-12(3)25-26(4)17(16)22-10)18(27)24-23-11(2)13-6-5-7-14(9-13)28-19(20)21/h5-9,19H,1-4H3,(H,24,27). The fraction of sp³-hybridized carbons (Fsp3) is 0.263. The van der Waals surface area contributed by atoms with Crippen molar-refractivity contribution in [3.05, 3.63) is 52.8 Å². The summed E-state index contributed by atoms with van der Waals surface area (Å²) in [5, 5.41) is 9.06. The van der Waals surface area contributed by atoms with Crippen molar-refractivity contribution < 1.29 is 18.3 Å². The molecule has 28 heavy (non-hydrogen) atoms. The number of alkyl halides is 2. The van der Waals surface area contributed by atoms with Gasteiger partial charge in [-0.25, -0.2) is 10.4 Å². The lowest BCUT2D eigenvalue weighted by Crippen LogP contribution is -2.20. The van der Waals surface area contributed by atoms with Gasteiger partial charge in [-0.2, -0.15) is 19.0 Å². The highest BCUT2D eigenvalue weighted by molar-refractivity contribution is 6.07. The summed E-state index contributed by atoms with van der Waals surface area (Å²) in [5.41, 5.74) is 5.89. The minimum absolute atomic E-state index is 0.0193. The molecule has 0 radical (unpaired) electrons. The third-order valence-electron chi connectivity index (χ3n) is 4.14. The molecular weight excluding hydrogens is 368 g/mol. The number of hydrogen-bond acceptors (Lipinski definition) is 5. The molecule has 1 N–H and O–H groups in total.